The summed E-state index contributed by atoms with van der Waals surface area (Å²) in [4.78, 5) is 0. The lowest BCUT2D eigenvalue weighted by atomic mass is 10.2. The van der Waals surface area contributed by atoms with Gasteiger partial charge in [-0.25, -0.2) is 8.42 Å². The summed E-state index contributed by atoms with van der Waals surface area (Å²) in [5, 5.41) is 8.40. The van der Waals surface area contributed by atoms with E-state index >= 15 is 0 Å². The summed E-state index contributed by atoms with van der Waals surface area (Å²) in [5.41, 5.74) is 1.24. The molecule has 0 spiro atoms. The van der Waals surface area contributed by atoms with Gasteiger partial charge in [-0.2, -0.15) is 18.4 Å². The van der Waals surface area contributed by atoms with Gasteiger partial charge in [0, 0.05) is 0 Å². The molecular formula is C12H12F3NO2S. The first-order chi connectivity index (χ1) is 8.64. The van der Waals surface area contributed by atoms with Crippen LogP contribution in [0.1, 0.15) is 11.1 Å². The molecule has 0 aliphatic heterocycles. The van der Waals surface area contributed by atoms with E-state index in [-0.39, 0.29) is 0 Å². The highest BCUT2D eigenvalue weighted by atomic mass is 32.2. The highest BCUT2D eigenvalue weighted by Crippen LogP contribution is 2.27. The van der Waals surface area contributed by atoms with E-state index in [1.165, 1.54) is 6.07 Å². The fraction of sp³-hybridized carbons (Fsp3) is 0.417. The topological polar surface area (TPSA) is 57.9 Å². The number of benzene rings is 1. The zero-order valence-corrected chi connectivity index (χ0v) is 10.9. The average Bonchev–Trinajstić information content (AvgIpc) is 2.23. The molecule has 0 heterocycles. The van der Waals surface area contributed by atoms with Crippen molar-refractivity contribution in [1.29, 1.82) is 5.26 Å². The van der Waals surface area contributed by atoms with Crippen LogP contribution in [-0.4, -0.2) is 20.3 Å². The van der Waals surface area contributed by atoms with E-state index in [0.29, 0.717) is 5.56 Å². The lowest BCUT2D eigenvalue weighted by Gasteiger charge is -2.13. The zero-order valence-electron chi connectivity index (χ0n) is 10.1. The van der Waals surface area contributed by atoms with Gasteiger partial charge in [0.05, 0.1) is 17.6 Å². The molecule has 0 aliphatic carbocycles. The minimum Gasteiger partial charge on any atom is -0.228 e. The largest absolute Gasteiger partial charge is 0.405 e. The van der Waals surface area contributed by atoms with E-state index in [0.717, 1.165) is 11.6 Å². The van der Waals surface area contributed by atoms with Crippen molar-refractivity contribution in [3.8, 4) is 6.07 Å². The molecule has 1 rings (SSSR count). The maximum absolute atomic E-state index is 12.4. The molecule has 0 aromatic heterocycles. The molecule has 3 nitrogen and oxygen atoms in total. The van der Waals surface area contributed by atoms with Crippen LogP contribution in [0.4, 0.5) is 13.2 Å². The van der Waals surface area contributed by atoms with E-state index < -0.39 is 33.4 Å². The molecule has 19 heavy (non-hydrogen) atoms. The Labute approximate surface area is 109 Å². The molecule has 1 aromatic rings. The van der Waals surface area contributed by atoms with Gasteiger partial charge in [0.25, 0.3) is 0 Å². The van der Waals surface area contributed by atoms with Crippen LogP contribution in [0.5, 0.6) is 0 Å². The summed E-state index contributed by atoms with van der Waals surface area (Å²) in [6.45, 7) is 1.75. The third-order valence-corrected chi connectivity index (χ3v) is 4.05. The van der Waals surface area contributed by atoms with Crippen LogP contribution in [0.2, 0.25) is 0 Å². The van der Waals surface area contributed by atoms with E-state index in [2.05, 4.69) is 0 Å². The Hall–Kier alpha value is -1.55. The Kier molecular flexibility index (Phi) is 4.58. The van der Waals surface area contributed by atoms with Crippen LogP contribution >= 0.6 is 0 Å². The number of nitrogens with zero attached hydrogens (tertiary/aromatic N) is 1. The fourth-order valence-corrected chi connectivity index (χ4v) is 3.15. The first kappa shape index (κ1) is 15.5. The van der Waals surface area contributed by atoms with Gasteiger partial charge in [0.1, 0.15) is 0 Å². The standard InChI is InChI=1S/C12H12F3NO2S/c1-9-3-2-4-10(5-9)7-19(17,18)8-11(6-16)12(13,14)15/h2-5,11H,7-8H2,1H3. The maximum atomic E-state index is 12.4. The maximum Gasteiger partial charge on any atom is 0.405 e. The Balaban J connectivity index is 2.86. The van der Waals surface area contributed by atoms with Crippen LogP contribution in [0, 0.1) is 24.2 Å². The molecular weight excluding hydrogens is 279 g/mol. The summed E-state index contributed by atoms with van der Waals surface area (Å²) >= 11 is 0. The lowest BCUT2D eigenvalue weighted by Crippen LogP contribution is -2.29. The fourth-order valence-electron chi connectivity index (χ4n) is 1.57. The van der Waals surface area contributed by atoms with Crippen molar-refractivity contribution in [2.24, 2.45) is 5.92 Å². The number of alkyl halides is 3. The lowest BCUT2D eigenvalue weighted by molar-refractivity contribution is -0.153. The van der Waals surface area contributed by atoms with Gasteiger partial charge in [-0.05, 0) is 12.5 Å². The smallest absolute Gasteiger partial charge is 0.228 e. The molecule has 0 fully saturated rings. The van der Waals surface area contributed by atoms with Crippen molar-refractivity contribution in [2.45, 2.75) is 18.9 Å². The molecule has 1 atom stereocenters. The SMILES string of the molecule is Cc1cccc(CS(=O)(=O)CC(C#N)C(F)(F)F)c1. The Morgan fingerprint density at radius 1 is 1.37 bits per heavy atom. The number of aryl methyl sites for hydroxylation is 1. The van der Waals surface area contributed by atoms with Gasteiger partial charge in [0.2, 0.25) is 0 Å². The van der Waals surface area contributed by atoms with Crippen LogP contribution in [-0.2, 0) is 15.6 Å². The number of rotatable bonds is 4. The highest BCUT2D eigenvalue weighted by molar-refractivity contribution is 7.90. The van der Waals surface area contributed by atoms with Gasteiger partial charge in [0.15, 0.2) is 15.8 Å². The second-order valence-electron chi connectivity index (χ2n) is 4.27. The van der Waals surface area contributed by atoms with Crippen molar-refractivity contribution >= 4 is 9.84 Å². The minimum atomic E-state index is -4.82. The predicted molar refractivity (Wildman–Crippen MR) is 63.8 cm³/mol. The summed E-state index contributed by atoms with van der Waals surface area (Å²) < 4.78 is 60.5. The number of hydrogen-bond donors (Lipinski definition) is 0. The number of sulfone groups is 1. The normalized spacial score (nSPS) is 13.8. The van der Waals surface area contributed by atoms with Gasteiger partial charge in [-0.3, -0.25) is 0 Å². The van der Waals surface area contributed by atoms with Crippen LogP contribution in [0.25, 0.3) is 0 Å². The zero-order chi connectivity index (χ0) is 14.7. The summed E-state index contributed by atoms with van der Waals surface area (Å²) in [7, 11) is -3.99. The van der Waals surface area contributed by atoms with Crippen molar-refractivity contribution < 1.29 is 21.6 Å². The molecule has 0 radical (unpaired) electrons. The van der Waals surface area contributed by atoms with E-state index in [9.17, 15) is 21.6 Å². The Morgan fingerprint density at radius 2 is 2.00 bits per heavy atom. The Bertz CT molecular complexity index is 588. The summed E-state index contributed by atoms with van der Waals surface area (Å²) in [6.07, 6.45) is -4.82. The van der Waals surface area contributed by atoms with Gasteiger partial charge in [-0.15, -0.1) is 0 Å². The predicted octanol–water partition coefficient (Wildman–Crippen LogP) is 2.61. The number of halogens is 3. The van der Waals surface area contributed by atoms with Crippen molar-refractivity contribution in [3.05, 3.63) is 35.4 Å². The quantitative estimate of drug-likeness (QED) is 0.856. The van der Waals surface area contributed by atoms with Crippen molar-refractivity contribution in [1.82, 2.24) is 0 Å². The van der Waals surface area contributed by atoms with Gasteiger partial charge >= 0.3 is 6.18 Å². The molecule has 1 unspecified atom stereocenters. The first-order valence-electron chi connectivity index (χ1n) is 5.36. The average molecular weight is 291 g/mol. The highest BCUT2D eigenvalue weighted by Gasteiger charge is 2.42. The van der Waals surface area contributed by atoms with Crippen molar-refractivity contribution in [2.75, 3.05) is 5.75 Å². The van der Waals surface area contributed by atoms with Crippen LogP contribution in [0.3, 0.4) is 0 Å². The summed E-state index contributed by atoms with van der Waals surface area (Å²) in [6, 6.07) is 7.49. The van der Waals surface area contributed by atoms with Crippen LogP contribution in [0.15, 0.2) is 24.3 Å². The molecule has 0 N–H and O–H groups in total. The second-order valence-corrected chi connectivity index (χ2v) is 6.38. The van der Waals surface area contributed by atoms with Crippen LogP contribution < -0.4 is 0 Å². The number of hydrogen-bond acceptors (Lipinski definition) is 3. The summed E-state index contributed by atoms with van der Waals surface area (Å²) in [5.74, 6) is -4.19. The second kappa shape index (κ2) is 5.61. The first-order valence-corrected chi connectivity index (χ1v) is 7.18. The van der Waals surface area contributed by atoms with E-state index in [1.807, 2.05) is 0 Å². The third-order valence-electron chi connectivity index (χ3n) is 2.44. The monoisotopic (exact) mass is 291 g/mol. The molecule has 104 valence electrons. The molecule has 0 saturated heterocycles. The van der Waals surface area contributed by atoms with E-state index in [4.69, 9.17) is 5.26 Å². The minimum absolute atomic E-state index is 0.416. The number of nitriles is 1. The molecule has 0 amide bonds. The third kappa shape index (κ3) is 4.91. The molecule has 0 saturated carbocycles. The van der Waals surface area contributed by atoms with Gasteiger partial charge < -0.3 is 0 Å². The molecule has 7 heteroatoms. The molecule has 0 bridgehead atoms. The van der Waals surface area contributed by atoms with Gasteiger partial charge in [-0.1, -0.05) is 29.8 Å². The van der Waals surface area contributed by atoms with Crippen molar-refractivity contribution in [3.63, 3.8) is 0 Å². The molecule has 1 aromatic carbocycles. The molecule has 0 aliphatic rings. The van der Waals surface area contributed by atoms with E-state index in [1.54, 1.807) is 25.1 Å². The Morgan fingerprint density at radius 3 is 2.47 bits per heavy atom.